The maximum absolute atomic E-state index is 12.6. The summed E-state index contributed by atoms with van der Waals surface area (Å²) in [6.45, 7) is 1.98. The van der Waals surface area contributed by atoms with Crippen LogP contribution in [0.15, 0.2) is 59.2 Å². The molecule has 0 bridgehead atoms. The highest BCUT2D eigenvalue weighted by Gasteiger charge is 2.15. The molecule has 0 saturated heterocycles. The molecule has 0 aliphatic rings. The van der Waals surface area contributed by atoms with Gasteiger partial charge in [-0.2, -0.15) is 0 Å². The van der Waals surface area contributed by atoms with Crippen LogP contribution in [0.25, 0.3) is 31.6 Å². The molecular weight excluding hydrogens is 468 g/mol. The molecule has 5 nitrogen and oxygen atoms in total. The minimum Gasteiger partial charge on any atom is -0.325 e. The number of thioether (sulfide) groups is 1. The van der Waals surface area contributed by atoms with Crippen LogP contribution in [-0.2, 0) is 4.79 Å². The predicted octanol–water partition coefficient (Wildman–Crippen LogP) is 6.66. The zero-order valence-corrected chi connectivity index (χ0v) is 19.5. The number of nitrogens with one attached hydrogen (secondary N) is 1. The SMILES string of the molecule is Cc1nc2ccc(NC(=O)CSc3ncnc4scc(-c5ccc(Cl)cc5)c34)cc2s1. The average molecular weight is 483 g/mol. The Morgan fingerprint density at radius 1 is 1.16 bits per heavy atom. The summed E-state index contributed by atoms with van der Waals surface area (Å²) in [5.74, 6) is 0.169. The first-order valence-electron chi connectivity index (χ1n) is 9.35. The van der Waals surface area contributed by atoms with Crippen LogP contribution in [0.2, 0.25) is 5.02 Å². The molecule has 0 aliphatic heterocycles. The Balaban J connectivity index is 1.35. The van der Waals surface area contributed by atoms with Crippen LogP contribution in [-0.4, -0.2) is 26.6 Å². The first-order chi connectivity index (χ1) is 15.1. The summed E-state index contributed by atoms with van der Waals surface area (Å²) >= 11 is 10.6. The fraction of sp³-hybridized carbons (Fsp3) is 0.0909. The van der Waals surface area contributed by atoms with Gasteiger partial charge < -0.3 is 5.32 Å². The maximum atomic E-state index is 12.6. The van der Waals surface area contributed by atoms with Gasteiger partial charge in [-0.05, 0) is 42.8 Å². The Kier molecular flexibility index (Phi) is 5.62. The number of hydrogen-bond donors (Lipinski definition) is 1. The van der Waals surface area contributed by atoms with Crippen molar-refractivity contribution in [3.8, 4) is 11.1 Å². The quantitative estimate of drug-likeness (QED) is 0.224. The van der Waals surface area contributed by atoms with Gasteiger partial charge in [-0.1, -0.05) is 35.5 Å². The Morgan fingerprint density at radius 2 is 2.00 bits per heavy atom. The standard InChI is InChI=1S/C22H15ClN4OS3/c1-12-26-17-7-6-15(8-18(17)31-12)27-19(28)10-30-22-20-16(9-29-21(20)24-11-25-22)13-2-4-14(23)5-3-13/h2-9,11H,10H2,1H3,(H,27,28). The van der Waals surface area contributed by atoms with Crippen LogP contribution in [0.3, 0.4) is 0 Å². The third-order valence-electron chi connectivity index (χ3n) is 4.61. The predicted molar refractivity (Wildman–Crippen MR) is 132 cm³/mol. The number of fused-ring (bicyclic) bond motifs is 2. The minimum absolute atomic E-state index is 0.0828. The molecule has 3 aromatic heterocycles. The second-order valence-corrected chi connectivity index (χ2v) is 10.3. The lowest BCUT2D eigenvalue weighted by Gasteiger charge is -2.07. The number of rotatable bonds is 5. The molecule has 0 radical (unpaired) electrons. The van der Waals surface area contributed by atoms with Crippen LogP contribution in [0, 0.1) is 6.92 Å². The first kappa shape index (κ1) is 20.4. The van der Waals surface area contributed by atoms with Crippen LogP contribution in [0.5, 0.6) is 0 Å². The van der Waals surface area contributed by atoms with Gasteiger partial charge >= 0.3 is 0 Å². The normalized spacial score (nSPS) is 11.3. The molecule has 0 spiro atoms. The zero-order chi connectivity index (χ0) is 21.4. The lowest BCUT2D eigenvalue weighted by Crippen LogP contribution is -2.14. The van der Waals surface area contributed by atoms with Gasteiger partial charge in [-0.3, -0.25) is 4.79 Å². The highest BCUT2D eigenvalue weighted by molar-refractivity contribution is 8.00. The van der Waals surface area contributed by atoms with E-state index in [1.807, 2.05) is 49.4 Å². The molecule has 5 aromatic rings. The number of benzene rings is 2. The third kappa shape index (κ3) is 4.29. The number of carbonyl (C=O) groups is 1. The monoisotopic (exact) mass is 482 g/mol. The number of aryl methyl sites for hydroxylation is 1. The summed E-state index contributed by atoms with van der Waals surface area (Å²) in [6, 6.07) is 13.5. The van der Waals surface area contributed by atoms with Crippen LogP contribution in [0.4, 0.5) is 5.69 Å². The molecule has 1 N–H and O–H groups in total. The van der Waals surface area contributed by atoms with Gasteiger partial charge in [0, 0.05) is 21.7 Å². The molecule has 154 valence electrons. The topological polar surface area (TPSA) is 67.8 Å². The number of thiophene rings is 1. The van der Waals surface area contributed by atoms with Crippen molar-refractivity contribution in [2.45, 2.75) is 11.9 Å². The molecule has 5 rings (SSSR count). The molecule has 0 saturated carbocycles. The van der Waals surface area contributed by atoms with Crippen molar-refractivity contribution in [1.29, 1.82) is 0 Å². The summed E-state index contributed by atoms with van der Waals surface area (Å²) < 4.78 is 1.06. The molecule has 0 aliphatic carbocycles. The summed E-state index contributed by atoms with van der Waals surface area (Å²) in [7, 11) is 0. The van der Waals surface area contributed by atoms with Gasteiger partial charge in [0.2, 0.25) is 5.91 Å². The molecule has 31 heavy (non-hydrogen) atoms. The van der Waals surface area contributed by atoms with E-state index in [9.17, 15) is 4.79 Å². The van der Waals surface area contributed by atoms with Crippen molar-refractivity contribution in [3.63, 3.8) is 0 Å². The van der Waals surface area contributed by atoms with E-state index in [-0.39, 0.29) is 11.7 Å². The molecule has 2 aromatic carbocycles. The largest absolute Gasteiger partial charge is 0.325 e. The van der Waals surface area contributed by atoms with Crippen molar-refractivity contribution in [2.24, 2.45) is 0 Å². The second kappa shape index (κ2) is 8.55. The molecule has 9 heteroatoms. The maximum Gasteiger partial charge on any atom is 0.234 e. The smallest absolute Gasteiger partial charge is 0.234 e. The fourth-order valence-electron chi connectivity index (χ4n) is 3.25. The summed E-state index contributed by atoms with van der Waals surface area (Å²) in [5, 5.41) is 8.50. The van der Waals surface area contributed by atoms with Gasteiger partial charge in [0.1, 0.15) is 16.2 Å². The van der Waals surface area contributed by atoms with Crippen molar-refractivity contribution in [2.75, 3.05) is 11.1 Å². The van der Waals surface area contributed by atoms with E-state index < -0.39 is 0 Å². The number of amides is 1. The summed E-state index contributed by atoms with van der Waals surface area (Å²) in [4.78, 5) is 26.8. The first-order valence-corrected chi connectivity index (χ1v) is 12.4. The van der Waals surface area contributed by atoms with E-state index in [2.05, 4.69) is 25.6 Å². The Hall–Kier alpha value is -2.52. The van der Waals surface area contributed by atoms with Gasteiger partial charge in [0.05, 0.1) is 26.4 Å². The molecule has 0 unspecified atom stereocenters. The van der Waals surface area contributed by atoms with Crippen molar-refractivity contribution >= 4 is 78.1 Å². The van der Waals surface area contributed by atoms with Gasteiger partial charge in [0.15, 0.2) is 0 Å². The number of nitrogens with zero attached hydrogens (tertiary/aromatic N) is 3. The Labute approximate surface area is 195 Å². The van der Waals surface area contributed by atoms with Gasteiger partial charge in [-0.15, -0.1) is 22.7 Å². The Morgan fingerprint density at radius 3 is 2.84 bits per heavy atom. The lowest BCUT2D eigenvalue weighted by atomic mass is 10.1. The number of carbonyl (C=O) groups excluding carboxylic acids is 1. The van der Waals surface area contributed by atoms with Crippen LogP contribution >= 0.6 is 46.0 Å². The van der Waals surface area contributed by atoms with E-state index in [1.165, 1.54) is 11.8 Å². The molecule has 1 amide bonds. The number of halogens is 1. The third-order valence-corrected chi connectivity index (χ3v) is 7.67. The minimum atomic E-state index is -0.0828. The molecular formula is C22H15ClN4OS3. The van der Waals surface area contributed by atoms with E-state index in [0.717, 1.165) is 47.3 Å². The number of hydrogen-bond acceptors (Lipinski definition) is 7. The van der Waals surface area contributed by atoms with E-state index >= 15 is 0 Å². The number of aromatic nitrogens is 3. The fourth-order valence-corrected chi connectivity index (χ4v) is 6.03. The van der Waals surface area contributed by atoms with Gasteiger partial charge in [-0.25, -0.2) is 15.0 Å². The summed E-state index contributed by atoms with van der Waals surface area (Å²) in [5.41, 5.74) is 3.81. The molecule has 3 heterocycles. The average Bonchev–Trinajstić information content (AvgIpc) is 3.35. The molecule has 0 fully saturated rings. The van der Waals surface area contributed by atoms with Crippen molar-refractivity contribution in [3.05, 3.63) is 64.2 Å². The van der Waals surface area contributed by atoms with Crippen molar-refractivity contribution in [1.82, 2.24) is 15.0 Å². The lowest BCUT2D eigenvalue weighted by molar-refractivity contribution is -0.113. The second-order valence-electron chi connectivity index (χ2n) is 6.77. The van der Waals surface area contributed by atoms with E-state index in [0.29, 0.717) is 5.02 Å². The highest BCUT2D eigenvalue weighted by atomic mass is 35.5. The number of thiazole rings is 1. The Bertz CT molecular complexity index is 1410. The highest BCUT2D eigenvalue weighted by Crippen LogP contribution is 2.38. The van der Waals surface area contributed by atoms with E-state index in [4.69, 9.17) is 11.6 Å². The van der Waals surface area contributed by atoms with E-state index in [1.54, 1.807) is 29.0 Å². The van der Waals surface area contributed by atoms with Crippen LogP contribution < -0.4 is 5.32 Å². The number of anilines is 1. The summed E-state index contributed by atoms with van der Waals surface area (Å²) in [6.07, 6.45) is 1.55. The molecule has 0 atom stereocenters. The van der Waals surface area contributed by atoms with Crippen LogP contribution in [0.1, 0.15) is 5.01 Å². The van der Waals surface area contributed by atoms with Gasteiger partial charge in [0.25, 0.3) is 0 Å². The zero-order valence-electron chi connectivity index (χ0n) is 16.3. The van der Waals surface area contributed by atoms with Crippen molar-refractivity contribution < 1.29 is 4.79 Å².